The molecule has 0 aliphatic carbocycles. The van der Waals surface area contributed by atoms with Gasteiger partial charge in [0.05, 0.1) is 12.3 Å². The summed E-state index contributed by atoms with van der Waals surface area (Å²) in [7, 11) is -2.06. The number of hydrogen-bond acceptors (Lipinski definition) is 4. The SMILES string of the molecule is CC(C)(C)[P+](OCCCCNc1ncc(Br)cc1N)(c1ccccc1)c1ccccc1. The maximum absolute atomic E-state index is 6.89. The van der Waals surface area contributed by atoms with Gasteiger partial charge >= 0.3 is 0 Å². The van der Waals surface area contributed by atoms with Gasteiger partial charge in [0, 0.05) is 17.2 Å². The summed E-state index contributed by atoms with van der Waals surface area (Å²) in [6.45, 7) is 8.40. The van der Waals surface area contributed by atoms with Gasteiger partial charge in [-0.15, -0.1) is 0 Å². The van der Waals surface area contributed by atoms with Crippen molar-refractivity contribution in [3.05, 3.63) is 77.4 Å². The predicted molar refractivity (Wildman–Crippen MR) is 139 cm³/mol. The van der Waals surface area contributed by atoms with Crippen molar-refractivity contribution in [3.8, 4) is 0 Å². The fourth-order valence-corrected chi connectivity index (χ4v) is 8.25. The first-order valence-corrected chi connectivity index (χ1v) is 13.1. The highest BCUT2D eigenvalue weighted by atomic mass is 79.9. The number of unbranched alkanes of at least 4 members (excludes halogenated alkanes) is 1. The summed E-state index contributed by atoms with van der Waals surface area (Å²) >= 11 is 3.39. The second-order valence-corrected chi connectivity index (χ2v) is 13.3. The Kier molecular flexibility index (Phi) is 8.10. The molecule has 0 aliphatic heterocycles. The Bertz CT molecular complexity index is 922. The van der Waals surface area contributed by atoms with Crippen LogP contribution in [-0.4, -0.2) is 23.3 Å². The van der Waals surface area contributed by atoms with Crippen LogP contribution in [0.2, 0.25) is 0 Å². The number of halogens is 1. The van der Waals surface area contributed by atoms with Gasteiger partial charge in [-0.05, 0) is 79.9 Å². The molecule has 0 atom stereocenters. The number of benzene rings is 2. The zero-order chi connectivity index (χ0) is 22.3. The van der Waals surface area contributed by atoms with Crippen LogP contribution >= 0.6 is 23.4 Å². The number of rotatable bonds is 9. The van der Waals surface area contributed by atoms with Gasteiger partial charge < -0.3 is 11.1 Å². The maximum atomic E-state index is 6.89. The molecule has 164 valence electrons. The van der Waals surface area contributed by atoms with Crippen LogP contribution in [0.1, 0.15) is 33.6 Å². The third-order valence-electron chi connectivity index (χ3n) is 5.22. The zero-order valence-corrected chi connectivity index (χ0v) is 21.0. The van der Waals surface area contributed by atoms with Crippen LogP contribution in [0.4, 0.5) is 11.5 Å². The first kappa shape index (κ1) is 23.7. The van der Waals surface area contributed by atoms with E-state index in [0.29, 0.717) is 12.3 Å². The first-order valence-electron chi connectivity index (χ1n) is 10.6. The molecular formula is C25H32BrN3OP+. The summed E-state index contributed by atoms with van der Waals surface area (Å²) < 4.78 is 7.78. The fourth-order valence-electron chi connectivity index (χ4n) is 3.78. The van der Waals surface area contributed by atoms with Gasteiger partial charge in [-0.1, -0.05) is 36.4 Å². The number of nitrogens with one attached hydrogen (secondary N) is 1. The van der Waals surface area contributed by atoms with E-state index in [4.69, 9.17) is 10.3 Å². The second-order valence-electron chi connectivity index (χ2n) is 8.51. The van der Waals surface area contributed by atoms with Crippen molar-refractivity contribution < 1.29 is 4.52 Å². The minimum Gasteiger partial charge on any atom is -0.396 e. The van der Waals surface area contributed by atoms with Gasteiger partial charge in [-0.3, -0.25) is 0 Å². The highest BCUT2D eigenvalue weighted by Crippen LogP contribution is 2.67. The molecule has 0 unspecified atom stereocenters. The Morgan fingerprint density at radius 1 is 0.968 bits per heavy atom. The van der Waals surface area contributed by atoms with Gasteiger partial charge in [-0.2, -0.15) is 0 Å². The van der Waals surface area contributed by atoms with Crippen LogP contribution in [0.25, 0.3) is 0 Å². The largest absolute Gasteiger partial charge is 0.396 e. The average Bonchev–Trinajstić information content (AvgIpc) is 2.75. The summed E-state index contributed by atoms with van der Waals surface area (Å²) in [6.07, 6.45) is 3.69. The molecule has 0 spiro atoms. The number of nitrogen functional groups attached to an aromatic ring is 1. The summed E-state index contributed by atoms with van der Waals surface area (Å²) in [4.78, 5) is 4.34. The summed E-state index contributed by atoms with van der Waals surface area (Å²) in [5.41, 5.74) is 6.67. The fraction of sp³-hybridized carbons (Fsp3) is 0.320. The molecule has 0 aliphatic rings. The molecule has 0 saturated heterocycles. The van der Waals surface area contributed by atoms with E-state index in [9.17, 15) is 0 Å². The van der Waals surface area contributed by atoms with Crippen molar-refractivity contribution in [2.45, 2.75) is 38.8 Å². The Balaban J connectivity index is 1.70. The molecule has 0 saturated carbocycles. The van der Waals surface area contributed by atoms with E-state index in [1.807, 2.05) is 6.07 Å². The quantitative estimate of drug-likeness (QED) is 0.278. The van der Waals surface area contributed by atoms with Crippen LogP contribution in [0.15, 0.2) is 77.4 Å². The lowest BCUT2D eigenvalue weighted by Crippen LogP contribution is -2.37. The number of nitrogens with two attached hydrogens (primary N) is 1. The third-order valence-corrected chi connectivity index (χ3v) is 10.2. The highest BCUT2D eigenvalue weighted by Gasteiger charge is 2.55. The monoisotopic (exact) mass is 500 g/mol. The van der Waals surface area contributed by atoms with Crippen LogP contribution in [0, 0.1) is 0 Å². The molecule has 2 aromatic carbocycles. The maximum Gasteiger partial charge on any atom is 0.215 e. The van der Waals surface area contributed by atoms with Crippen molar-refractivity contribution in [3.63, 3.8) is 0 Å². The molecule has 6 heteroatoms. The normalized spacial score (nSPS) is 12.0. The molecule has 0 amide bonds. The number of anilines is 2. The topological polar surface area (TPSA) is 60.2 Å². The Morgan fingerprint density at radius 3 is 2.06 bits per heavy atom. The number of nitrogens with zero attached hydrogens (tertiary/aromatic N) is 1. The Labute approximate surface area is 195 Å². The van der Waals surface area contributed by atoms with Gasteiger partial charge in [0.2, 0.25) is 7.49 Å². The molecule has 1 heterocycles. The third kappa shape index (κ3) is 5.65. The molecule has 3 N–H and O–H groups in total. The number of aromatic nitrogens is 1. The van der Waals surface area contributed by atoms with E-state index in [1.165, 1.54) is 10.6 Å². The van der Waals surface area contributed by atoms with E-state index in [-0.39, 0.29) is 5.16 Å². The summed E-state index contributed by atoms with van der Waals surface area (Å²) in [6, 6.07) is 23.3. The molecular weight excluding hydrogens is 469 g/mol. The second kappa shape index (κ2) is 10.6. The van der Waals surface area contributed by atoms with E-state index >= 15 is 0 Å². The van der Waals surface area contributed by atoms with Crippen LogP contribution in [0.3, 0.4) is 0 Å². The average molecular weight is 501 g/mol. The smallest absolute Gasteiger partial charge is 0.215 e. The molecule has 4 nitrogen and oxygen atoms in total. The van der Waals surface area contributed by atoms with Gasteiger partial charge in [0.1, 0.15) is 21.6 Å². The van der Waals surface area contributed by atoms with Crippen LogP contribution in [-0.2, 0) is 4.52 Å². The molecule has 1 aromatic heterocycles. The van der Waals surface area contributed by atoms with E-state index in [2.05, 4.69) is 108 Å². The lowest BCUT2D eigenvalue weighted by molar-refractivity contribution is 0.328. The highest BCUT2D eigenvalue weighted by molar-refractivity contribution is 9.10. The molecule has 3 rings (SSSR count). The number of pyridine rings is 1. The summed E-state index contributed by atoms with van der Waals surface area (Å²) in [5.74, 6) is 0.731. The van der Waals surface area contributed by atoms with Crippen molar-refractivity contribution in [1.82, 2.24) is 4.98 Å². The summed E-state index contributed by atoms with van der Waals surface area (Å²) in [5, 5.41) is 5.88. The van der Waals surface area contributed by atoms with Crippen molar-refractivity contribution in [1.29, 1.82) is 0 Å². The molecule has 3 aromatic rings. The lowest BCUT2D eigenvalue weighted by Gasteiger charge is -2.36. The van der Waals surface area contributed by atoms with E-state index < -0.39 is 7.49 Å². The van der Waals surface area contributed by atoms with E-state index in [1.54, 1.807) is 6.20 Å². The lowest BCUT2D eigenvalue weighted by atomic mass is 10.3. The molecule has 0 bridgehead atoms. The molecule has 0 radical (unpaired) electrons. The van der Waals surface area contributed by atoms with Crippen LogP contribution < -0.4 is 21.7 Å². The Morgan fingerprint density at radius 2 is 1.55 bits per heavy atom. The van der Waals surface area contributed by atoms with Crippen LogP contribution in [0.5, 0.6) is 0 Å². The standard InChI is InChI=1S/C25H32BrN3OP/c1-25(2,3)31(21-12-6-4-7-13-21,22-14-8-5-9-15-22)30-17-11-10-16-28-24-23(27)18-20(26)19-29-24/h4-9,12-15,18-19H,10-11,16-17,27H2,1-3H3,(H,28,29)/q+1. The van der Waals surface area contributed by atoms with Gasteiger partial charge in [0.15, 0.2) is 0 Å². The van der Waals surface area contributed by atoms with Crippen molar-refractivity contribution >= 4 is 45.5 Å². The zero-order valence-electron chi connectivity index (χ0n) is 18.5. The minimum absolute atomic E-state index is 0.0241. The molecule has 31 heavy (non-hydrogen) atoms. The van der Waals surface area contributed by atoms with Crippen molar-refractivity contribution in [2.75, 3.05) is 24.2 Å². The molecule has 0 fully saturated rings. The minimum atomic E-state index is -2.06. The number of hydrogen-bond donors (Lipinski definition) is 2. The Hall–Kier alpha value is -1.94. The van der Waals surface area contributed by atoms with Crippen molar-refractivity contribution in [2.24, 2.45) is 0 Å². The predicted octanol–water partition coefficient (Wildman–Crippen LogP) is 6.02. The van der Waals surface area contributed by atoms with Gasteiger partial charge in [0.25, 0.3) is 0 Å². The van der Waals surface area contributed by atoms with E-state index in [0.717, 1.165) is 29.7 Å². The van der Waals surface area contributed by atoms with Gasteiger partial charge in [-0.25, -0.2) is 9.51 Å². The first-order chi connectivity index (χ1) is 14.8.